The first-order valence-electron chi connectivity index (χ1n) is 10.3. The van der Waals surface area contributed by atoms with Crippen LogP contribution in [0.2, 0.25) is 0 Å². The van der Waals surface area contributed by atoms with Crippen molar-refractivity contribution in [3.8, 4) is 0 Å². The third kappa shape index (κ3) is 2.34. The molecular formula is C22H32O3. The molecule has 0 unspecified atom stereocenters. The van der Waals surface area contributed by atoms with E-state index in [0.717, 1.165) is 51.7 Å². The molecule has 138 valence electrons. The molecule has 0 N–H and O–H groups in total. The van der Waals surface area contributed by atoms with Crippen LogP contribution in [-0.4, -0.2) is 24.8 Å². The van der Waals surface area contributed by atoms with Gasteiger partial charge < -0.3 is 4.74 Å². The molecule has 3 fully saturated rings. The van der Waals surface area contributed by atoms with Gasteiger partial charge in [0.15, 0.2) is 5.78 Å². The first kappa shape index (κ1) is 17.5. The second-order valence-corrected chi connectivity index (χ2v) is 9.25. The zero-order valence-electron chi connectivity index (χ0n) is 16.0. The maximum absolute atomic E-state index is 12.6. The van der Waals surface area contributed by atoms with Gasteiger partial charge in [-0.1, -0.05) is 19.4 Å². The largest absolute Gasteiger partial charge is 0.381 e. The van der Waals surface area contributed by atoms with E-state index >= 15 is 0 Å². The minimum absolute atomic E-state index is 0.0276. The van der Waals surface area contributed by atoms with Gasteiger partial charge in [-0.05, 0) is 68.8 Å². The highest BCUT2D eigenvalue weighted by Crippen LogP contribution is 2.65. The Morgan fingerprint density at radius 1 is 1.16 bits per heavy atom. The summed E-state index contributed by atoms with van der Waals surface area (Å²) in [5, 5.41) is 0. The van der Waals surface area contributed by atoms with Crippen molar-refractivity contribution in [3.05, 3.63) is 11.6 Å². The van der Waals surface area contributed by atoms with Gasteiger partial charge >= 0.3 is 0 Å². The molecule has 6 atom stereocenters. The SMILES string of the molecule is CCOC[C@@]12C(=CC(=O)C[C@@H]1C)CC[C@@H]1[C@@H]2CC[C@]2(C)C(=O)CC[C@@H]12. The Hall–Kier alpha value is -0.960. The van der Waals surface area contributed by atoms with Crippen molar-refractivity contribution in [2.75, 3.05) is 13.2 Å². The maximum Gasteiger partial charge on any atom is 0.155 e. The number of carbonyl (C=O) groups is 2. The van der Waals surface area contributed by atoms with E-state index in [0.29, 0.717) is 41.7 Å². The Labute approximate surface area is 151 Å². The van der Waals surface area contributed by atoms with Crippen LogP contribution in [0.25, 0.3) is 0 Å². The average molecular weight is 344 g/mol. The summed E-state index contributed by atoms with van der Waals surface area (Å²) in [6, 6.07) is 0. The molecule has 0 saturated heterocycles. The molecule has 4 aliphatic carbocycles. The zero-order valence-corrected chi connectivity index (χ0v) is 16.0. The van der Waals surface area contributed by atoms with Crippen molar-refractivity contribution in [3.63, 3.8) is 0 Å². The molecule has 0 heterocycles. The molecule has 0 spiro atoms. The number of ether oxygens (including phenoxy) is 1. The third-order valence-electron chi connectivity index (χ3n) is 8.42. The van der Waals surface area contributed by atoms with Gasteiger partial charge in [0.25, 0.3) is 0 Å². The quantitative estimate of drug-likeness (QED) is 0.764. The van der Waals surface area contributed by atoms with E-state index < -0.39 is 0 Å². The van der Waals surface area contributed by atoms with E-state index in [2.05, 4.69) is 20.8 Å². The summed E-state index contributed by atoms with van der Waals surface area (Å²) in [6.45, 7) is 8.04. The topological polar surface area (TPSA) is 43.4 Å². The van der Waals surface area contributed by atoms with E-state index in [9.17, 15) is 9.59 Å². The fourth-order valence-corrected chi connectivity index (χ4v) is 7.13. The van der Waals surface area contributed by atoms with Gasteiger partial charge in [0, 0.05) is 30.3 Å². The van der Waals surface area contributed by atoms with Crippen LogP contribution in [-0.2, 0) is 14.3 Å². The fourth-order valence-electron chi connectivity index (χ4n) is 7.13. The molecule has 25 heavy (non-hydrogen) atoms. The fraction of sp³-hybridized carbons (Fsp3) is 0.818. The summed E-state index contributed by atoms with van der Waals surface area (Å²) in [7, 11) is 0. The van der Waals surface area contributed by atoms with Crippen LogP contribution in [0.4, 0.5) is 0 Å². The summed E-state index contributed by atoms with van der Waals surface area (Å²) >= 11 is 0. The standard InChI is InChI=1S/C22H32O3/c1-4-25-13-22-14(2)11-16(23)12-15(22)5-6-17-18-7-8-20(24)21(18,3)10-9-19(17)22/h12,14,17-19H,4-11,13H2,1-3H3/t14-,17-,18-,19-,21-,22-/m0/s1. The predicted molar refractivity (Wildman–Crippen MR) is 97.1 cm³/mol. The number of ketones is 2. The second kappa shape index (κ2) is 6.04. The summed E-state index contributed by atoms with van der Waals surface area (Å²) < 4.78 is 6.03. The molecule has 0 aliphatic heterocycles. The summed E-state index contributed by atoms with van der Waals surface area (Å²) in [6.07, 6.45) is 8.78. The Kier molecular flexibility index (Phi) is 4.22. The van der Waals surface area contributed by atoms with Crippen molar-refractivity contribution in [2.24, 2.45) is 34.5 Å². The molecule has 4 rings (SSSR count). The molecular weight excluding hydrogens is 312 g/mol. The van der Waals surface area contributed by atoms with Crippen LogP contribution < -0.4 is 0 Å². The highest BCUT2D eigenvalue weighted by molar-refractivity contribution is 5.92. The van der Waals surface area contributed by atoms with E-state index in [-0.39, 0.29) is 10.8 Å². The zero-order chi connectivity index (χ0) is 17.8. The van der Waals surface area contributed by atoms with Gasteiger partial charge in [-0.3, -0.25) is 9.59 Å². The monoisotopic (exact) mass is 344 g/mol. The first-order valence-corrected chi connectivity index (χ1v) is 10.3. The minimum atomic E-state index is -0.0804. The summed E-state index contributed by atoms with van der Waals surface area (Å²) in [4.78, 5) is 24.8. The Morgan fingerprint density at radius 3 is 2.72 bits per heavy atom. The molecule has 0 radical (unpaired) electrons. The molecule has 3 nitrogen and oxygen atoms in total. The Bertz CT molecular complexity index is 621. The number of Topliss-reactive ketones (excluding diaryl/α,β-unsaturated/α-hetero) is 1. The summed E-state index contributed by atoms with van der Waals surface area (Å²) in [5.74, 6) is 2.89. The van der Waals surface area contributed by atoms with Crippen LogP contribution in [0.15, 0.2) is 11.6 Å². The minimum Gasteiger partial charge on any atom is -0.381 e. The Balaban J connectivity index is 1.75. The van der Waals surface area contributed by atoms with Crippen LogP contribution in [0.1, 0.15) is 65.7 Å². The van der Waals surface area contributed by atoms with Crippen molar-refractivity contribution in [1.82, 2.24) is 0 Å². The van der Waals surface area contributed by atoms with Gasteiger partial charge in [-0.25, -0.2) is 0 Å². The first-order chi connectivity index (χ1) is 11.9. The van der Waals surface area contributed by atoms with Crippen LogP contribution in [0.5, 0.6) is 0 Å². The van der Waals surface area contributed by atoms with Crippen molar-refractivity contribution >= 4 is 11.6 Å². The molecule has 3 saturated carbocycles. The van der Waals surface area contributed by atoms with Gasteiger partial charge in [0.1, 0.15) is 5.78 Å². The van der Waals surface area contributed by atoms with E-state index in [1.807, 2.05) is 6.08 Å². The normalized spacial score (nSPS) is 46.3. The molecule has 0 amide bonds. The van der Waals surface area contributed by atoms with Crippen molar-refractivity contribution < 1.29 is 14.3 Å². The lowest BCUT2D eigenvalue weighted by molar-refractivity contribution is -0.138. The highest BCUT2D eigenvalue weighted by atomic mass is 16.5. The molecule has 3 heteroatoms. The second-order valence-electron chi connectivity index (χ2n) is 9.25. The van der Waals surface area contributed by atoms with Gasteiger partial charge in [-0.2, -0.15) is 0 Å². The van der Waals surface area contributed by atoms with Gasteiger partial charge in [-0.15, -0.1) is 0 Å². The molecule has 0 aromatic rings. The van der Waals surface area contributed by atoms with Gasteiger partial charge in [0.05, 0.1) is 6.61 Å². The number of hydrogen-bond donors (Lipinski definition) is 0. The number of rotatable bonds is 3. The molecule has 0 aromatic carbocycles. The Morgan fingerprint density at radius 2 is 1.96 bits per heavy atom. The van der Waals surface area contributed by atoms with E-state index in [1.165, 1.54) is 5.57 Å². The van der Waals surface area contributed by atoms with E-state index in [1.54, 1.807) is 0 Å². The summed E-state index contributed by atoms with van der Waals surface area (Å²) in [5.41, 5.74) is 1.31. The van der Waals surface area contributed by atoms with Crippen LogP contribution in [0, 0.1) is 34.5 Å². The highest BCUT2D eigenvalue weighted by Gasteiger charge is 2.61. The van der Waals surface area contributed by atoms with Gasteiger partial charge in [0.2, 0.25) is 0 Å². The maximum atomic E-state index is 12.6. The number of carbonyl (C=O) groups excluding carboxylic acids is 2. The lowest BCUT2D eigenvalue weighted by Crippen LogP contribution is -2.56. The third-order valence-corrected chi connectivity index (χ3v) is 8.42. The molecule has 0 bridgehead atoms. The van der Waals surface area contributed by atoms with Crippen LogP contribution in [0.3, 0.4) is 0 Å². The lowest BCUT2D eigenvalue weighted by atomic mass is 9.45. The lowest BCUT2D eigenvalue weighted by Gasteiger charge is -2.59. The molecule has 4 aliphatic rings. The smallest absolute Gasteiger partial charge is 0.155 e. The average Bonchev–Trinajstić information content (AvgIpc) is 2.88. The molecule has 0 aromatic heterocycles. The predicted octanol–water partition coefficient (Wildman–Crippen LogP) is 4.35. The number of fused-ring (bicyclic) bond motifs is 5. The van der Waals surface area contributed by atoms with E-state index in [4.69, 9.17) is 4.74 Å². The van der Waals surface area contributed by atoms with Crippen LogP contribution >= 0.6 is 0 Å². The number of hydrogen-bond acceptors (Lipinski definition) is 3. The van der Waals surface area contributed by atoms with Crippen molar-refractivity contribution in [1.29, 1.82) is 0 Å². The van der Waals surface area contributed by atoms with Crippen molar-refractivity contribution in [2.45, 2.75) is 65.7 Å².